The summed E-state index contributed by atoms with van der Waals surface area (Å²) < 4.78 is 5.05. The number of carbonyl (C=O) groups excluding carboxylic acids is 2. The van der Waals surface area contributed by atoms with Crippen LogP contribution in [0, 0.1) is 0 Å². The predicted octanol–water partition coefficient (Wildman–Crippen LogP) is 0.968. The Bertz CT molecular complexity index is 720. The van der Waals surface area contributed by atoms with Crippen LogP contribution in [0.5, 0.6) is 5.75 Å². The van der Waals surface area contributed by atoms with Gasteiger partial charge in [-0.05, 0) is 42.0 Å². The van der Waals surface area contributed by atoms with Crippen molar-refractivity contribution in [2.75, 3.05) is 7.11 Å². The van der Waals surface area contributed by atoms with Crippen molar-refractivity contribution in [3.8, 4) is 5.75 Å². The Hall–Kier alpha value is -3.00. The van der Waals surface area contributed by atoms with Crippen molar-refractivity contribution >= 4 is 29.1 Å². The zero-order valence-corrected chi connectivity index (χ0v) is 13.7. The Labute approximate surface area is 144 Å². The van der Waals surface area contributed by atoms with Crippen molar-refractivity contribution in [1.82, 2.24) is 21.2 Å². The van der Waals surface area contributed by atoms with Crippen molar-refractivity contribution in [2.24, 2.45) is 0 Å². The highest BCUT2D eigenvalue weighted by Gasteiger charge is 2.08. The van der Waals surface area contributed by atoms with Crippen molar-refractivity contribution in [3.63, 3.8) is 0 Å². The highest BCUT2D eigenvalue weighted by atomic mass is 32.1. The number of ether oxygens (including phenoxy) is 1. The largest absolute Gasteiger partial charge is 0.497 e. The second-order valence-electron chi connectivity index (χ2n) is 4.72. The summed E-state index contributed by atoms with van der Waals surface area (Å²) in [6, 6.07) is 10.2. The number of hydrazine groups is 1. The molecule has 0 atom stereocenters. The predicted molar refractivity (Wildman–Crippen MR) is 92.3 cm³/mol. The van der Waals surface area contributed by atoms with Crippen LogP contribution in [0.15, 0.2) is 48.8 Å². The van der Waals surface area contributed by atoms with Crippen LogP contribution in [0.2, 0.25) is 0 Å². The van der Waals surface area contributed by atoms with E-state index in [2.05, 4.69) is 21.2 Å². The number of hydrogen-bond acceptors (Lipinski definition) is 5. The standard InChI is InChI=1S/C16H16N4O3S/c1-23-13-4-2-11(3-5-13)10-14(21)18-16(24)20-19-15(22)12-6-8-17-9-7-12/h2-9H,10H2,1H3,(H,19,22)(H2,18,20,21,24). The van der Waals surface area contributed by atoms with Crippen molar-refractivity contribution in [3.05, 3.63) is 59.9 Å². The molecule has 3 N–H and O–H groups in total. The maximum atomic E-state index is 11.9. The van der Waals surface area contributed by atoms with Crippen LogP contribution < -0.4 is 20.9 Å². The number of thiocarbonyl (C=S) groups is 1. The van der Waals surface area contributed by atoms with Gasteiger partial charge in [0.2, 0.25) is 5.91 Å². The van der Waals surface area contributed by atoms with Crippen molar-refractivity contribution < 1.29 is 14.3 Å². The fourth-order valence-corrected chi connectivity index (χ4v) is 1.98. The zero-order valence-electron chi connectivity index (χ0n) is 12.9. The SMILES string of the molecule is COc1ccc(CC(=O)NC(=S)NNC(=O)c2ccncc2)cc1. The van der Waals surface area contributed by atoms with E-state index in [1.807, 2.05) is 0 Å². The number of nitrogens with one attached hydrogen (secondary N) is 3. The van der Waals surface area contributed by atoms with Crippen molar-refractivity contribution in [2.45, 2.75) is 6.42 Å². The van der Waals surface area contributed by atoms with Crippen LogP contribution in [0.25, 0.3) is 0 Å². The molecule has 0 unspecified atom stereocenters. The van der Waals surface area contributed by atoms with Crippen LogP contribution in [0.4, 0.5) is 0 Å². The highest BCUT2D eigenvalue weighted by Crippen LogP contribution is 2.11. The Morgan fingerprint density at radius 1 is 1.08 bits per heavy atom. The van der Waals surface area contributed by atoms with E-state index in [0.29, 0.717) is 5.56 Å². The lowest BCUT2D eigenvalue weighted by molar-refractivity contribution is -0.119. The van der Waals surface area contributed by atoms with Gasteiger partial charge in [-0.15, -0.1) is 0 Å². The van der Waals surface area contributed by atoms with Gasteiger partial charge in [-0.3, -0.25) is 25.4 Å². The first-order valence-corrected chi connectivity index (χ1v) is 7.42. The average molecular weight is 344 g/mol. The van der Waals surface area contributed by atoms with E-state index in [0.717, 1.165) is 11.3 Å². The van der Waals surface area contributed by atoms with Gasteiger partial charge in [0, 0.05) is 18.0 Å². The summed E-state index contributed by atoms with van der Waals surface area (Å²) in [5, 5.41) is 2.50. The van der Waals surface area contributed by atoms with E-state index in [4.69, 9.17) is 17.0 Å². The molecule has 0 fully saturated rings. The molecular formula is C16H16N4O3S. The van der Waals surface area contributed by atoms with Crippen molar-refractivity contribution in [1.29, 1.82) is 0 Å². The summed E-state index contributed by atoms with van der Waals surface area (Å²) >= 11 is 4.96. The molecule has 8 heteroatoms. The highest BCUT2D eigenvalue weighted by molar-refractivity contribution is 7.80. The first-order chi connectivity index (χ1) is 11.6. The molecule has 124 valence electrons. The number of rotatable bonds is 4. The molecule has 0 spiro atoms. The van der Waals surface area contributed by atoms with E-state index in [1.165, 1.54) is 12.4 Å². The van der Waals surface area contributed by atoms with E-state index in [9.17, 15) is 9.59 Å². The molecule has 0 aliphatic rings. The number of aromatic nitrogens is 1. The van der Waals surface area contributed by atoms with Gasteiger partial charge in [0.05, 0.1) is 13.5 Å². The number of benzene rings is 1. The lowest BCUT2D eigenvalue weighted by Gasteiger charge is -2.11. The number of nitrogens with zero attached hydrogens (tertiary/aromatic N) is 1. The van der Waals surface area contributed by atoms with Gasteiger partial charge in [0.25, 0.3) is 5.91 Å². The zero-order chi connectivity index (χ0) is 17.4. The normalized spacial score (nSPS) is 9.71. The van der Waals surface area contributed by atoms with Crippen LogP contribution in [0.1, 0.15) is 15.9 Å². The lowest BCUT2D eigenvalue weighted by atomic mass is 10.1. The number of pyridine rings is 1. The molecule has 0 bridgehead atoms. The fraction of sp³-hybridized carbons (Fsp3) is 0.125. The molecule has 0 saturated heterocycles. The maximum absolute atomic E-state index is 11.9. The minimum absolute atomic E-state index is 0.0101. The fourth-order valence-electron chi connectivity index (χ4n) is 1.82. The maximum Gasteiger partial charge on any atom is 0.269 e. The van der Waals surface area contributed by atoms with Crippen LogP contribution in [-0.2, 0) is 11.2 Å². The summed E-state index contributed by atoms with van der Waals surface area (Å²) in [5.74, 6) is 0.0372. The second-order valence-corrected chi connectivity index (χ2v) is 5.13. The molecule has 1 heterocycles. The number of carbonyl (C=O) groups is 2. The van der Waals surface area contributed by atoms with E-state index in [-0.39, 0.29) is 23.3 Å². The number of hydrogen-bond donors (Lipinski definition) is 3. The minimum Gasteiger partial charge on any atom is -0.497 e. The molecule has 0 aliphatic carbocycles. The quantitative estimate of drug-likeness (QED) is 0.565. The minimum atomic E-state index is -0.385. The van der Waals surface area contributed by atoms with Gasteiger partial charge in [0.1, 0.15) is 5.75 Å². The summed E-state index contributed by atoms with van der Waals surface area (Å²) in [6.07, 6.45) is 3.16. The summed E-state index contributed by atoms with van der Waals surface area (Å²) in [4.78, 5) is 27.5. The van der Waals surface area contributed by atoms with Gasteiger partial charge in [-0.1, -0.05) is 12.1 Å². The van der Waals surface area contributed by atoms with Crippen LogP contribution >= 0.6 is 12.2 Å². The Morgan fingerprint density at radius 3 is 2.38 bits per heavy atom. The summed E-state index contributed by atoms with van der Waals surface area (Å²) in [5.41, 5.74) is 6.11. The van der Waals surface area contributed by atoms with Gasteiger partial charge in [-0.25, -0.2) is 0 Å². The lowest BCUT2D eigenvalue weighted by Crippen LogP contribution is -2.48. The van der Waals surface area contributed by atoms with Crippen LogP contribution in [-0.4, -0.2) is 29.0 Å². The van der Waals surface area contributed by atoms with Crippen LogP contribution in [0.3, 0.4) is 0 Å². The monoisotopic (exact) mass is 344 g/mol. The molecule has 0 aliphatic heterocycles. The van der Waals surface area contributed by atoms with Gasteiger partial charge in [0.15, 0.2) is 5.11 Å². The third kappa shape index (κ3) is 5.33. The third-order valence-electron chi connectivity index (χ3n) is 3.01. The smallest absolute Gasteiger partial charge is 0.269 e. The summed E-state index contributed by atoms with van der Waals surface area (Å²) in [6.45, 7) is 0. The first kappa shape index (κ1) is 17.4. The molecule has 2 aromatic rings. The Morgan fingerprint density at radius 2 is 1.75 bits per heavy atom. The molecule has 7 nitrogen and oxygen atoms in total. The molecule has 0 saturated carbocycles. The van der Waals surface area contributed by atoms with E-state index >= 15 is 0 Å². The molecule has 0 radical (unpaired) electrons. The Kier molecular flexibility index (Phi) is 6.21. The topological polar surface area (TPSA) is 92.4 Å². The molecule has 24 heavy (non-hydrogen) atoms. The molecule has 2 amide bonds. The molecule has 2 rings (SSSR count). The van der Waals surface area contributed by atoms with E-state index < -0.39 is 0 Å². The molecule has 1 aromatic heterocycles. The summed E-state index contributed by atoms with van der Waals surface area (Å²) in [7, 11) is 1.58. The second kappa shape index (κ2) is 8.59. The first-order valence-electron chi connectivity index (χ1n) is 7.01. The van der Waals surface area contributed by atoms with Gasteiger partial charge < -0.3 is 10.1 Å². The number of amides is 2. The van der Waals surface area contributed by atoms with E-state index in [1.54, 1.807) is 43.5 Å². The molecular weight excluding hydrogens is 328 g/mol. The van der Waals surface area contributed by atoms with Gasteiger partial charge >= 0.3 is 0 Å². The van der Waals surface area contributed by atoms with Gasteiger partial charge in [-0.2, -0.15) is 0 Å². The molecule has 1 aromatic carbocycles. The third-order valence-corrected chi connectivity index (χ3v) is 3.21. The number of methoxy groups -OCH3 is 1. The average Bonchev–Trinajstić information content (AvgIpc) is 2.61. The Balaban J connectivity index is 1.77.